The summed E-state index contributed by atoms with van der Waals surface area (Å²) >= 11 is 0. The molecule has 8 nitrogen and oxygen atoms in total. The van der Waals surface area contributed by atoms with Crippen LogP contribution in [0.5, 0.6) is 17.2 Å². The summed E-state index contributed by atoms with van der Waals surface area (Å²) in [6.45, 7) is 1.47. The van der Waals surface area contributed by atoms with Crippen molar-refractivity contribution in [2.45, 2.75) is 38.1 Å². The summed E-state index contributed by atoms with van der Waals surface area (Å²) in [5.74, 6) is 1.49. The topological polar surface area (TPSA) is 103 Å². The molecule has 3 N–H and O–H groups in total. The number of nitrogens with two attached hydrogens (primary N) is 1. The van der Waals surface area contributed by atoms with Gasteiger partial charge in [-0.3, -0.25) is 9.59 Å². The van der Waals surface area contributed by atoms with Gasteiger partial charge in [-0.05, 0) is 37.0 Å². The molecule has 1 aromatic carbocycles. The Labute approximate surface area is 178 Å². The quantitative estimate of drug-likeness (QED) is 0.617. The standard InChI is InChI=1S/C20H31N3O5.ClH/c1-26-16-10-14(11-17(27-2)20(16)28-3)12-19(25)23-9-5-4-6-15(23)13-22-18(24)7-8-21;/h10-11,15H,4-9,12-13,21H2,1-3H3,(H,22,24);1H. The van der Waals surface area contributed by atoms with Crippen molar-refractivity contribution in [2.24, 2.45) is 5.73 Å². The number of benzene rings is 1. The van der Waals surface area contributed by atoms with E-state index in [2.05, 4.69) is 5.32 Å². The number of ether oxygens (including phenoxy) is 3. The first-order chi connectivity index (χ1) is 13.5. The monoisotopic (exact) mass is 429 g/mol. The van der Waals surface area contributed by atoms with E-state index in [1.54, 1.807) is 33.5 Å². The highest BCUT2D eigenvalue weighted by Gasteiger charge is 2.27. The molecule has 0 spiro atoms. The van der Waals surface area contributed by atoms with Crippen molar-refractivity contribution in [1.82, 2.24) is 10.2 Å². The molecular formula is C20H32ClN3O5. The number of amides is 2. The first-order valence-electron chi connectivity index (χ1n) is 9.59. The van der Waals surface area contributed by atoms with Crippen LogP contribution in [0.3, 0.4) is 0 Å². The third-order valence-electron chi connectivity index (χ3n) is 4.93. The molecule has 164 valence electrons. The van der Waals surface area contributed by atoms with E-state index in [-0.39, 0.29) is 36.7 Å². The molecular weight excluding hydrogens is 398 g/mol. The zero-order valence-corrected chi connectivity index (χ0v) is 18.2. The Morgan fingerprint density at radius 1 is 1.14 bits per heavy atom. The molecule has 1 saturated heterocycles. The van der Waals surface area contributed by atoms with Crippen molar-refractivity contribution in [3.63, 3.8) is 0 Å². The predicted octanol–water partition coefficient (Wildman–Crippen LogP) is 1.52. The van der Waals surface area contributed by atoms with Gasteiger partial charge < -0.3 is 30.2 Å². The summed E-state index contributed by atoms with van der Waals surface area (Å²) in [5.41, 5.74) is 6.20. The van der Waals surface area contributed by atoms with Crippen LogP contribution in [0.2, 0.25) is 0 Å². The highest BCUT2D eigenvalue weighted by molar-refractivity contribution is 5.85. The molecule has 29 heavy (non-hydrogen) atoms. The van der Waals surface area contributed by atoms with Crippen LogP contribution in [0, 0.1) is 0 Å². The van der Waals surface area contributed by atoms with Gasteiger partial charge in [0.1, 0.15) is 0 Å². The third kappa shape index (κ3) is 6.68. The highest BCUT2D eigenvalue weighted by Crippen LogP contribution is 2.38. The third-order valence-corrected chi connectivity index (χ3v) is 4.93. The molecule has 1 aliphatic heterocycles. The average Bonchev–Trinajstić information content (AvgIpc) is 2.71. The second kappa shape index (κ2) is 12.4. The van der Waals surface area contributed by atoms with Gasteiger partial charge in [-0.2, -0.15) is 0 Å². The molecule has 1 unspecified atom stereocenters. The highest BCUT2D eigenvalue weighted by atomic mass is 35.5. The van der Waals surface area contributed by atoms with Crippen molar-refractivity contribution in [1.29, 1.82) is 0 Å². The summed E-state index contributed by atoms with van der Waals surface area (Å²) in [6.07, 6.45) is 3.42. The van der Waals surface area contributed by atoms with Crippen molar-refractivity contribution in [2.75, 3.05) is 41.0 Å². The normalized spacial score (nSPS) is 15.9. The number of likely N-dealkylation sites (tertiary alicyclic amines) is 1. The van der Waals surface area contributed by atoms with Gasteiger partial charge in [0.15, 0.2) is 11.5 Å². The van der Waals surface area contributed by atoms with Gasteiger partial charge in [-0.15, -0.1) is 12.4 Å². The van der Waals surface area contributed by atoms with Crippen LogP contribution >= 0.6 is 12.4 Å². The Bertz CT molecular complexity index is 661. The fourth-order valence-electron chi connectivity index (χ4n) is 3.51. The Balaban J connectivity index is 0.00000420. The molecule has 1 aliphatic rings. The SMILES string of the molecule is COc1cc(CC(=O)N2CCCCC2CNC(=O)CCN)cc(OC)c1OC.Cl. The van der Waals surface area contributed by atoms with E-state index in [0.717, 1.165) is 24.8 Å². The number of piperidine rings is 1. The average molecular weight is 430 g/mol. The van der Waals surface area contributed by atoms with Crippen molar-refractivity contribution >= 4 is 24.2 Å². The lowest BCUT2D eigenvalue weighted by molar-refractivity contribution is -0.134. The van der Waals surface area contributed by atoms with Gasteiger partial charge in [-0.1, -0.05) is 0 Å². The molecule has 0 aromatic heterocycles. The molecule has 2 rings (SSSR count). The van der Waals surface area contributed by atoms with Crippen molar-refractivity contribution in [3.8, 4) is 17.2 Å². The minimum Gasteiger partial charge on any atom is -0.493 e. The van der Waals surface area contributed by atoms with Crippen LogP contribution in [0.4, 0.5) is 0 Å². The maximum Gasteiger partial charge on any atom is 0.227 e. The predicted molar refractivity (Wildman–Crippen MR) is 113 cm³/mol. The molecule has 0 aliphatic carbocycles. The number of hydrogen-bond acceptors (Lipinski definition) is 6. The minimum absolute atomic E-state index is 0. The molecule has 1 heterocycles. The summed E-state index contributed by atoms with van der Waals surface area (Å²) in [5, 5.41) is 2.88. The van der Waals surface area contributed by atoms with Gasteiger partial charge in [0.2, 0.25) is 17.6 Å². The molecule has 0 bridgehead atoms. The van der Waals surface area contributed by atoms with Gasteiger partial charge in [0.05, 0.1) is 27.8 Å². The number of rotatable bonds is 9. The summed E-state index contributed by atoms with van der Waals surface area (Å²) in [4.78, 5) is 26.6. The molecule has 9 heteroatoms. The van der Waals surface area contributed by atoms with E-state index in [0.29, 0.717) is 43.3 Å². The van der Waals surface area contributed by atoms with Gasteiger partial charge in [-0.25, -0.2) is 0 Å². The second-order valence-electron chi connectivity index (χ2n) is 6.79. The largest absolute Gasteiger partial charge is 0.493 e. The number of halogens is 1. The number of hydrogen-bond donors (Lipinski definition) is 2. The van der Waals surface area contributed by atoms with E-state index in [1.165, 1.54) is 0 Å². The van der Waals surface area contributed by atoms with Crippen molar-refractivity contribution in [3.05, 3.63) is 17.7 Å². The molecule has 1 fully saturated rings. The number of carbonyl (C=O) groups excluding carboxylic acids is 2. The first kappa shape index (κ1) is 24.8. The van der Waals surface area contributed by atoms with Crippen molar-refractivity contribution < 1.29 is 23.8 Å². The second-order valence-corrected chi connectivity index (χ2v) is 6.79. The zero-order valence-electron chi connectivity index (χ0n) is 17.4. The van der Waals surface area contributed by atoms with Crippen LogP contribution < -0.4 is 25.3 Å². The Hall–Kier alpha value is -2.19. The van der Waals surface area contributed by atoms with Crippen LogP contribution in [-0.4, -0.2) is 63.7 Å². The lowest BCUT2D eigenvalue weighted by Crippen LogP contribution is -2.50. The fraction of sp³-hybridized carbons (Fsp3) is 0.600. The maximum absolute atomic E-state index is 13.0. The van der Waals surface area contributed by atoms with Crippen LogP contribution in [0.25, 0.3) is 0 Å². The Kier molecular flexibility index (Phi) is 10.6. The summed E-state index contributed by atoms with van der Waals surface area (Å²) in [6, 6.07) is 3.59. The van der Waals surface area contributed by atoms with E-state index in [1.807, 2.05) is 4.90 Å². The number of methoxy groups -OCH3 is 3. The van der Waals surface area contributed by atoms with E-state index in [4.69, 9.17) is 19.9 Å². The van der Waals surface area contributed by atoms with Crippen LogP contribution in [0.15, 0.2) is 12.1 Å². The number of nitrogens with one attached hydrogen (secondary N) is 1. The smallest absolute Gasteiger partial charge is 0.227 e. The molecule has 1 aromatic rings. The first-order valence-corrected chi connectivity index (χ1v) is 9.59. The maximum atomic E-state index is 13.0. The summed E-state index contributed by atoms with van der Waals surface area (Å²) < 4.78 is 16.1. The Morgan fingerprint density at radius 3 is 2.34 bits per heavy atom. The lowest BCUT2D eigenvalue weighted by atomic mass is 10.00. The molecule has 0 saturated carbocycles. The van der Waals surface area contributed by atoms with E-state index in [9.17, 15) is 9.59 Å². The van der Waals surface area contributed by atoms with E-state index < -0.39 is 0 Å². The molecule has 0 radical (unpaired) electrons. The lowest BCUT2D eigenvalue weighted by Gasteiger charge is -2.36. The minimum atomic E-state index is -0.0786. The number of nitrogens with zero attached hydrogens (tertiary/aromatic N) is 1. The molecule has 1 atom stereocenters. The fourth-order valence-corrected chi connectivity index (χ4v) is 3.51. The Morgan fingerprint density at radius 2 is 1.79 bits per heavy atom. The number of carbonyl (C=O) groups is 2. The van der Waals surface area contributed by atoms with Crippen LogP contribution in [-0.2, 0) is 16.0 Å². The van der Waals surface area contributed by atoms with Gasteiger partial charge >= 0.3 is 0 Å². The van der Waals surface area contributed by atoms with Crippen LogP contribution in [0.1, 0.15) is 31.2 Å². The molecule has 2 amide bonds. The van der Waals surface area contributed by atoms with Gasteiger partial charge in [0, 0.05) is 32.1 Å². The zero-order chi connectivity index (χ0) is 20.5. The van der Waals surface area contributed by atoms with E-state index >= 15 is 0 Å². The van der Waals surface area contributed by atoms with Gasteiger partial charge in [0.25, 0.3) is 0 Å². The summed E-state index contributed by atoms with van der Waals surface area (Å²) in [7, 11) is 4.64.